The van der Waals surface area contributed by atoms with Crippen molar-refractivity contribution >= 4 is 16.9 Å². The van der Waals surface area contributed by atoms with Gasteiger partial charge in [0.25, 0.3) is 0 Å². The molecule has 0 aliphatic carbocycles. The molecule has 1 aromatic carbocycles. The predicted octanol–water partition coefficient (Wildman–Crippen LogP) is 2.44. The molecule has 0 aliphatic rings. The summed E-state index contributed by atoms with van der Waals surface area (Å²) in [6, 6.07) is 7.84. The number of aromatic nitrogens is 2. The number of nitrogens with zero attached hydrogens (tertiary/aromatic N) is 1. The van der Waals surface area contributed by atoms with Gasteiger partial charge < -0.3 is 14.6 Å². The van der Waals surface area contributed by atoms with E-state index in [1.54, 1.807) is 0 Å². The lowest BCUT2D eigenvalue weighted by atomic mass is 10.1. The second kappa shape index (κ2) is 4.03. The molecule has 18 heavy (non-hydrogen) atoms. The van der Waals surface area contributed by atoms with Crippen LogP contribution in [0.25, 0.3) is 10.9 Å². The van der Waals surface area contributed by atoms with E-state index >= 15 is 0 Å². The summed E-state index contributed by atoms with van der Waals surface area (Å²) in [6.07, 6.45) is 3.50. The molecule has 5 heteroatoms. The quantitative estimate of drug-likeness (QED) is 0.739. The van der Waals surface area contributed by atoms with Gasteiger partial charge in [-0.25, -0.2) is 4.79 Å². The number of aromatic amines is 1. The smallest absolute Gasteiger partial charge is 0.340 e. The van der Waals surface area contributed by atoms with E-state index in [2.05, 4.69) is 10.1 Å². The molecule has 0 amide bonds. The van der Waals surface area contributed by atoms with Crippen LogP contribution in [-0.4, -0.2) is 21.2 Å². The van der Waals surface area contributed by atoms with E-state index in [1.807, 2.05) is 30.5 Å². The first kappa shape index (κ1) is 10.6. The monoisotopic (exact) mass is 242 g/mol. The zero-order valence-corrected chi connectivity index (χ0v) is 9.38. The Bertz CT molecular complexity index is 712. The average Bonchev–Trinajstić information content (AvgIpc) is 2.97. The van der Waals surface area contributed by atoms with E-state index in [0.29, 0.717) is 12.2 Å². The van der Waals surface area contributed by atoms with Crippen molar-refractivity contribution in [1.29, 1.82) is 0 Å². The summed E-state index contributed by atoms with van der Waals surface area (Å²) in [5.41, 5.74) is 2.12. The summed E-state index contributed by atoms with van der Waals surface area (Å²) in [7, 11) is 0. The van der Waals surface area contributed by atoms with Crippen LogP contribution in [0.15, 0.2) is 41.2 Å². The van der Waals surface area contributed by atoms with Gasteiger partial charge in [-0.2, -0.15) is 0 Å². The number of aromatic carboxylic acids is 1. The molecule has 0 atom stereocenters. The maximum atomic E-state index is 11.0. The number of rotatable bonds is 3. The molecule has 0 radical (unpaired) electrons. The number of carboxylic acids is 1. The van der Waals surface area contributed by atoms with Gasteiger partial charge in [0.1, 0.15) is 5.56 Å². The van der Waals surface area contributed by atoms with Crippen molar-refractivity contribution < 1.29 is 14.4 Å². The third-order valence-electron chi connectivity index (χ3n) is 2.90. The highest BCUT2D eigenvalue weighted by atomic mass is 16.5. The van der Waals surface area contributed by atoms with Gasteiger partial charge in [0.15, 0.2) is 5.76 Å². The number of hydrogen-bond acceptors (Lipinski definition) is 3. The Kier molecular flexibility index (Phi) is 2.37. The number of benzene rings is 1. The van der Waals surface area contributed by atoms with Crippen LogP contribution in [0.3, 0.4) is 0 Å². The molecule has 90 valence electrons. The maximum Gasteiger partial charge on any atom is 0.340 e. The van der Waals surface area contributed by atoms with Gasteiger partial charge in [-0.15, -0.1) is 0 Å². The third-order valence-corrected chi connectivity index (χ3v) is 2.90. The minimum atomic E-state index is -1.02. The summed E-state index contributed by atoms with van der Waals surface area (Å²) in [6.45, 7) is 0. The Labute approximate surface area is 102 Å². The first-order valence-corrected chi connectivity index (χ1v) is 5.47. The van der Waals surface area contributed by atoms with Crippen LogP contribution in [0.4, 0.5) is 0 Å². The molecule has 2 N–H and O–H groups in total. The number of carbonyl (C=O) groups is 1. The number of fused-ring (bicyclic) bond motifs is 1. The molecule has 0 spiro atoms. The molecular formula is C13H10N2O3. The van der Waals surface area contributed by atoms with E-state index in [0.717, 1.165) is 16.5 Å². The fraction of sp³-hybridized carbons (Fsp3) is 0.0769. The molecule has 3 rings (SSSR count). The van der Waals surface area contributed by atoms with Gasteiger partial charge in [-0.05, 0) is 11.6 Å². The van der Waals surface area contributed by atoms with Gasteiger partial charge in [0, 0.05) is 23.5 Å². The average molecular weight is 242 g/mol. The highest BCUT2D eigenvalue weighted by Crippen LogP contribution is 2.22. The summed E-state index contributed by atoms with van der Waals surface area (Å²) in [5, 5.41) is 13.6. The van der Waals surface area contributed by atoms with Crippen LogP contribution in [0.1, 0.15) is 21.7 Å². The van der Waals surface area contributed by atoms with Gasteiger partial charge in [0.2, 0.25) is 0 Å². The van der Waals surface area contributed by atoms with Crippen molar-refractivity contribution in [2.75, 3.05) is 0 Å². The Hall–Kier alpha value is -2.56. The van der Waals surface area contributed by atoms with Crippen LogP contribution in [0, 0.1) is 0 Å². The Morgan fingerprint density at radius 3 is 3.06 bits per heavy atom. The maximum absolute atomic E-state index is 11.0. The van der Waals surface area contributed by atoms with Gasteiger partial charge >= 0.3 is 5.97 Å². The van der Waals surface area contributed by atoms with E-state index in [4.69, 9.17) is 9.63 Å². The standard InChI is InChI=1S/C13H10N2O3/c16-13(17)10-7-15-18-12(10)5-8-6-14-11-4-2-1-3-9(8)11/h1-4,6-7,14H,5H2,(H,16,17). The molecule has 3 aromatic rings. The molecule has 0 saturated carbocycles. The number of nitrogens with one attached hydrogen (secondary N) is 1. The van der Waals surface area contributed by atoms with Crippen molar-refractivity contribution in [1.82, 2.24) is 10.1 Å². The second-order valence-electron chi connectivity index (χ2n) is 4.00. The van der Waals surface area contributed by atoms with Crippen molar-refractivity contribution in [3.8, 4) is 0 Å². The summed E-state index contributed by atoms with van der Waals surface area (Å²) in [5.74, 6) is -0.654. The zero-order valence-electron chi connectivity index (χ0n) is 9.38. The van der Waals surface area contributed by atoms with Gasteiger partial charge in [-0.1, -0.05) is 23.4 Å². The minimum absolute atomic E-state index is 0.111. The Morgan fingerprint density at radius 1 is 1.39 bits per heavy atom. The van der Waals surface area contributed by atoms with Gasteiger partial charge in [-0.3, -0.25) is 0 Å². The molecule has 0 aliphatic heterocycles. The predicted molar refractivity (Wildman–Crippen MR) is 64.6 cm³/mol. The number of hydrogen-bond donors (Lipinski definition) is 2. The molecule has 0 saturated heterocycles. The SMILES string of the molecule is O=C(O)c1cnoc1Cc1c[nH]c2ccccc12. The van der Waals surface area contributed by atoms with Crippen molar-refractivity contribution in [3.05, 3.63) is 53.5 Å². The van der Waals surface area contributed by atoms with Crippen LogP contribution in [0.2, 0.25) is 0 Å². The number of para-hydroxylation sites is 1. The van der Waals surface area contributed by atoms with Crippen LogP contribution < -0.4 is 0 Å². The molecule has 0 fully saturated rings. The molecular weight excluding hydrogens is 232 g/mol. The van der Waals surface area contributed by atoms with Crippen LogP contribution >= 0.6 is 0 Å². The normalized spacial score (nSPS) is 10.9. The van der Waals surface area contributed by atoms with E-state index in [9.17, 15) is 4.79 Å². The molecule has 2 aromatic heterocycles. The minimum Gasteiger partial charge on any atom is -0.478 e. The number of carboxylic acid groups (broad SMARTS) is 1. The lowest BCUT2D eigenvalue weighted by molar-refractivity contribution is 0.0694. The van der Waals surface area contributed by atoms with Crippen molar-refractivity contribution in [2.45, 2.75) is 6.42 Å². The van der Waals surface area contributed by atoms with Crippen molar-refractivity contribution in [2.24, 2.45) is 0 Å². The lowest BCUT2D eigenvalue weighted by Gasteiger charge is -1.97. The molecule has 0 bridgehead atoms. The summed E-state index contributed by atoms with van der Waals surface area (Å²) < 4.78 is 5.00. The molecule has 5 nitrogen and oxygen atoms in total. The fourth-order valence-corrected chi connectivity index (χ4v) is 2.02. The first-order valence-electron chi connectivity index (χ1n) is 5.47. The topological polar surface area (TPSA) is 79.1 Å². The van der Waals surface area contributed by atoms with E-state index < -0.39 is 5.97 Å². The fourth-order valence-electron chi connectivity index (χ4n) is 2.02. The highest BCUT2D eigenvalue weighted by molar-refractivity contribution is 5.89. The Morgan fingerprint density at radius 2 is 2.22 bits per heavy atom. The zero-order chi connectivity index (χ0) is 12.5. The van der Waals surface area contributed by atoms with E-state index in [-0.39, 0.29) is 5.56 Å². The third kappa shape index (κ3) is 1.66. The largest absolute Gasteiger partial charge is 0.478 e. The van der Waals surface area contributed by atoms with E-state index in [1.165, 1.54) is 6.20 Å². The van der Waals surface area contributed by atoms with Crippen LogP contribution in [-0.2, 0) is 6.42 Å². The molecule has 2 heterocycles. The van der Waals surface area contributed by atoms with Gasteiger partial charge in [0.05, 0.1) is 6.20 Å². The van der Waals surface area contributed by atoms with Crippen LogP contribution in [0.5, 0.6) is 0 Å². The van der Waals surface area contributed by atoms with Crippen molar-refractivity contribution in [3.63, 3.8) is 0 Å². The second-order valence-corrected chi connectivity index (χ2v) is 4.00. The highest BCUT2D eigenvalue weighted by Gasteiger charge is 2.16. The lowest BCUT2D eigenvalue weighted by Crippen LogP contribution is -1.99. The summed E-state index contributed by atoms with van der Waals surface area (Å²) in [4.78, 5) is 14.1. The Balaban J connectivity index is 2.02. The first-order chi connectivity index (χ1) is 8.75. The summed E-state index contributed by atoms with van der Waals surface area (Å²) >= 11 is 0. The number of H-pyrrole nitrogens is 1. The molecule has 0 unspecified atom stereocenters.